The van der Waals surface area contributed by atoms with Crippen LogP contribution in [0.25, 0.3) is 22.1 Å². The van der Waals surface area contributed by atoms with E-state index in [0.29, 0.717) is 24.4 Å². The number of para-hydroxylation sites is 4. The maximum atomic E-state index is 5.65. The van der Waals surface area contributed by atoms with Gasteiger partial charge in [-0.25, -0.2) is 18.3 Å². The SMILES string of the molecule is c1ccc2c(c1)n(C[C@@H]1CO1)c(CCCCc1n(C[C@@H]3CO3)c3ccccc3[n+]1C[C@H]1CO1)[n+]2C[C@H]1CO1. The summed E-state index contributed by atoms with van der Waals surface area (Å²) in [6, 6.07) is 17.6. The summed E-state index contributed by atoms with van der Waals surface area (Å²) in [5.74, 6) is 2.81. The Morgan fingerprint density at radius 3 is 1.37 bits per heavy atom. The minimum atomic E-state index is 0.346. The first-order valence-electron chi connectivity index (χ1n) is 14.3. The van der Waals surface area contributed by atoms with Crippen molar-refractivity contribution >= 4 is 22.1 Å². The number of hydrogen-bond acceptors (Lipinski definition) is 4. The molecular weight excluding hydrogens is 480 g/mol. The lowest BCUT2D eigenvalue weighted by Gasteiger charge is -2.06. The van der Waals surface area contributed by atoms with Crippen molar-refractivity contribution in [1.29, 1.82) is 0 Å². The van der Waals surface area contributed by atoms with Crippen molar-refractivity contribution in [1.82, 2.24) is 9.13 Å². The Bertz CT molecular complexity index is 1260. The van der Waals surface area contributed by atoms with Gasteiger partial charge in [-0.05, 0) is 37.1 Å². The Morgan fingerprint density at radius 2 is 0.974 bits per heavy atom. The molecule has 4 aromatic rings. The Balaban J connectivity index is 1.07. The summed E-state index contributed by atoms with van der Waals surface area (Å²) in [6.07, 6.45) is 5.75. The predicted molar refractivity (Wildman–Crippen MR) is 140 cm³/mol. The minimum Gasteiger partial charge on any atom is -0.369 e. The van der Waals surface area contributed by atoms with E-state index in [4.69, 9.17) is 18.9 Å². The summed E-state index contributed by atoms with van der Waals surface area (Å²) in [5, 5.41) is 0. The molecule has 38 heavy (non-hydrogen) atoms. The van der Waals surface area contributed by atoms with Crippen LogP contribution in [-0.4, -0.2) is 60.0 Å². The molecule has 0 bridgehead atoms. The first-order valence-corrected chi connectivity index (χ1v) is 14.3. The van der Waals surface area contributed by atoms with Crippen molar-refractivity contribution in [2.75, 3.05) is 26.4 Å². The van der Waals surface area contributed by atoms with Gasteiger partial charge in [0.1, 0.15) is 50.6 Å². The fraction of sp³-hybridized carbons (Fsp3) is 0.533. The van der Waals surface area contributed by atoms with Gasteiger partial charge in [-0.2, -0.15) is 0 Å². The molecule has 0 unspecified atom stereocenters. The minimum absolute atomic E-state index is 0.346. The van der Waals surface area contributed by atoms with Gasteiger partial charge in [-0.3, -0.25) is 0 Å². The molecule has 0 radical (unpaired) electrons. The molecule has 0 saturated carbocycles. The van der Waals surface area contributed by atoms with E-state index in [0.717, 1.165) is 78.3 Å². The molecule has 8 nitrogen and oxygen atoms in total. The average Bonchev–Trinajstić information content (AvgIpc) is 3.75. The van der Waals surface area contributed by atoms with Crippen LogP contribution in [0.4, 0.5) is 0 Å². The van der Waals surface area contributed by atoms with Crippen molar-refractivity contribution in [3.63, 3.8) is 0 Å². The zero-order valence-corrected chi connectivity index (χ0v) is 21.8. The number of ether oxygens (including phenoxy) is 4. The molecular formula is C30H36N4O4+2. The Morgan fingerprint density at radius 1 is 0.579 bits per heavy atom. The molecule has 0 aliphatic carbocycles. The second-order valence-electron chi connectivity index (χ2n) is 11.3. The molecule has 0 N–H and O–H groups in total. The molecule has 2 aromatic heterocycles. The van der Waals surface area contributed by atoms with Gasteiger partial charge >= 0.3 is 0 Å². The molecule has 4 atom stereocenters. The van der Waals surface area contributed by atoms with E-state index in [-0.39, 0.29) is 0 Å². The Hall–Kier alpha value is -2.78. The number of aromatic nitrogens is 4. The topological polar surface area (TPSA) is 67.7 Å². The van der Waals surface area contributed by atoms with E-state index in [1.54, 1.807) is 0 Å². The van der Waals surface area contributed by atoms with Crippen LogP contribution < -0.4 is 9.13 Å². The van der Waals surface area contributed by atoms with Gasteiger partial charge in [0, 0.05) is 12.8 Å². The summed E-state index contributed by atoms with van der Waals surface area (Å²) in [7, 11) is 0. The fourth-order valence-corrected chi connectivity index (χ4v) is 6.12. The Labute approximate surface area is 222 Å². The molecule has 0 amide bonds. The van der Waals surface area contributed by atoms with Gasteiger partial charge in [-0.1, -0.05) is 24.3 Å². The average molecular weight is 517 g/mol. The molecule has 4 saturated heterocycles. The highest BCUT2D eigenvalue weighted by Crippen LogP contribution is 2.24. The number of fused-ring (bicyclic) bond motifs is 2. The van der Waals surface area contributed by atoms with E-state index < -0.39 is 0 Å². The van der Waals surface area contributed by atoms with Gasteiger partial charge in [0.05, 0.1) is 26.4 Å². The normalized spacial score (nSPS) is 25.4. The molecule has 8 rings (SSSR count). The second kappa shape index (κ2) is 9.45. The molecule has 4 aliphatic heterocycles. The molecule has 8 heteroatoms. The summed E-state index contributed by atoms with van der Waals surface area (Å²) in [4.78, 5) is 0. The largest absolute Gasteiger partial charge is 0.369 e. The van der Waals surface area contributed by atoms with Crippen molar-refractivity contribution in [2.24, 2.45) is 0 Å². The lowest BCUT2D eigenvalue weighted by Crippen LogP contribution is -2.41. The van der Waals surface area contributed by atoms with Gasteiger partial charge in [0.15, 0.2) is 22.1 Å². The maximum Gasteiger partial charge on any atom is 0.257 e. The van der Waals surface area contributed by atoms with Crippen LogP contribution in [0.5, 0.6) is 0 Å². The molecule has 198 valence electrons. The third kappa shape index (κ3) is 4.64. The maximum absolute atomic E-state index is 5.65. The quantitative estimate of drug-likeness (QED) is 0.155. The molecule has 4 aliphatic rings. The van der Waals surface area contributed by atoms with E-state index in [1.165, 1.54) is 33.7 Å². The molecule has 4 fully saturated rings. The monoisotopic (exact) mass is 516 g/mol. The van der Waals surface area contributed by atoms with Crippen LogP contribution in [-0.2, 0) is 58.0 Å². The summed E-state index contributed by atoms with van der Waals surface area (Å²) in [5.41, 5.74) is 5.24. The van der Waals surface area contributed by atoms with E-state index in [2.05, 4.69) is 66.8 Å². The van der Waals surface area contributed by atoms with Crippen LogP contribution in [0.3, 0.4) is 0 Å². The van der Waals surface area contributed by atoms with Crippen molar-refractivity contribution < 1.29 is 28.1 Å². The lowest BCUT2D eigenvalue weighted by atomic mass is 10.1. The molecule has 6 heterocycles. The van der Waals surface area contributed by atoms with Crippen molar-refractivity contribution in [3.8, 4) is 0 Å². The third-order valence-electron chi connectivity index (χ3n) is 8.38. The number of rotatable bonds is 13. The summed E-state index contributed by atoms with van der Waals surface area (Å²) in [6.45, 7) is 7.23. The molecule has 2 aromatic carbocycles. The van der Waals surface area contributed by atoms with Crippen LogP contribution in [0.1, 0.15) is 24.5 Å². The van der Waals surface area contributed by atoms with Gasteiger partial charge in [0.25, 0.3) is 11.6 Å². The van der Waals surface area contributed by atoms with Gasteiger partial charge in [-0.15, -0.1) is 0 Å². The summed E-state index contributed by atoms with van der Waals surface area (Å²) >= 11 is 0. The Kier molecular flexibility index (Phi) is 5.75. The van der Waals surface area contributed by atoms with E-state index >= 15 is 0 Å². The van der Waals surface area contributed by atoms with Crippen LogP contribution in [0.15, 0.2) is 48.5 Å². The molecule has 0 spiro atoms. The highest BCUT2D eigenvalue weighted by Gasteiger charge is 2.36. The van der Waals surface area contributed by atoms with Gasteiger partial charge in [0.2, 0.25) is 0 Å². The number of unbranched alkanes of at least 4 members (excludes halogenated alkanes) is 1. The zero-order valence-electron chi connectivity index (χ0n) is 21.8. The number of benzene rings is 2. The highest BCUT2D eigenvalue weighted by atomic mass is 16.6. The fourth-order valence-electron chi connectivity index (χ4n) is 6.12. The zero-order chi connectivity index (χ0) is 25.1. The highest BCUT2D eigenvalue weighted by molar-refractivity contribution is 5.73. The smallest absolute Gasteiger partial charge is 0.257 e. The van der Waals surface area contributed by atoms with Crippen molar-refractivity contribution in [3.05, 3.63) is 60.2 Å². The third-order valence-corrected chi connectivity index (χ3v) is 8.38. The van der Waals surface area contributed by atoms with Crippen LogP contribution in [0, 0.1) is 0 Å². The first-order chi connectivity index (χ1) is 18.8. The van der Waals surface area contributed by atoms with Crippen LogP contribution in [0.2, 0.25) is 0 Å². The standard InChI is InChI=1S/C30H36N4O4/c1-2-8-26-25(7-1)31(13-21-17-35-21)29(32(26)14-22-18-36-22)11-5-6-12-30-33(15-23-19-37-23)27-9-3-4-10-28(27)34(30)16-24-20-38-24/h1-4,7-10,21-24H,5-6,11-20H2/q+2/t21-,22+,23-,24+. The summed E-state index contributed by atoms with van der Waals surface area (Å²) < 4.78 is 32.7. The predicted octanol–water partition coefficient (Wildman–Crippen LogP) is 2.33. The number of nitrogens with zero attached hydrogens (tertiary/aromatic N) is 4. The second-order valence-corrected chi connectivity index (χ2v) is 11.3. The van der Waals surface area contributed by atoms with E-state index in [1.807, 2.05) is 0 Å². The number of hydrogen-bond donors (Lipinski definition) is 0. The first kappa shape index (κ1) is 23.1. The number of imidazole rings is 2. The lowest BCUT2D eigenvalue weighted by molar-refractivity contribution is -0.681. The van der Waals surface area contributed by atoms with Crippen molar-refractivity contribution in [2.45, 2.75) is 76.3 Å². The van der Waals surface area contributed by atoms with Crippen LogP contribution >= 0.6 is 0 Å². The van der Waals surface area contributed by atoms with E-state index in [9.17, 15) is 0 Å². The van der Waals surface area contributed by atoms with Gasteiger partial charge < -0.3 is 18.9 Å². The number of epoxide rings is 4.